The third kappa shape index (κ3) is 3.33. The quantitative estimate of drug-likeness (QED) is 0.732. The first-order valence-corrected chi connectivity index (χ1v) is 8.73. The normalized spacial score (nSPS) is 14.9. The molecule has 0 spiro atoms. The topological polar surface area (TPSA) is 46.9 Å². The van der Waals surface area contributed by atoms with Gasteiger partial charge in [-0.1, -0.05) is 42.5 Å². The van der Waals surface area contributed by atoms with Crippen molar-refractivity contribution in [3.05, 3.63) is 72.4 Å². The molecule has 1 atom stereocenters. The molecule has 4 rings (SSSR count). The zero-order valence-corrected chi connectivity index (χ0v) is 14.2. The van der Waals surface area contributed by atoms with Gasteiger partial charge < -0.3 is 5.32 Å². The van der Waals surface area contributed by atoms with E-state index in [9.17, 15) is 4.79 Å². The average Bonchev–Trinajstić information content (AvgIpc) is 3.41. The Labute approximate surface area is 147 Å². The maximum absolute atomic E-state index is 12.6. The second kappa shape index (κ2) is 6.55. The first-order chi connectivity index (χ1) is 12.2. The molecule has 0 aliphatic heterocycles. The standard InChI is InChI=1S/C21H21N3O/c1-15(16-7-8-16)24-20(13-14-22-24)23-21(25)19-11-9-18(10-12-19)17-5-3-2-4-6-17/h2-6,9-16H,7-8H2,1H3,(H,23,25). The van der Waals surface area contributed by atoms with Crippen molar-refractivity contribution in [3.8, 4) is 11.1 Å². The maximum Gasteiger partial charge on any atom is 0.256 e. The molecule has 1 fully saturated rings. The van der Waals surface area contributed by atoms with Crippen LogP contribution in [0.25, 0.3) is 11.1 Å². The highest BCUT2D eigenvalue weighted by Crippen LogP contribution is 2.40. The van der Waals surface area contributed by atoms with Crippen molar-refractivity contribution >= 4 is 11.7 Å². The summed E-state index contributed by atoms with van der Waals surface area (Å²) in [5.74, 6) is 1.33. The van der Waals surface area contributed by atoms with E-state index < -0.39 is 0 Å². The lowest BCUT2D eigenvalue weighted by Crippen LogP contribution is -2.18. The Hall–Kier alpha value is -2.88. The van der Waals surface area contributed by atoms with Crippen molar-refractivity contribution in [2.75, 3.05) is 5.32 Å². The molecule has 1 saturated carbocycles. The monoisotopic (exact) mass is 331 g/mol. The van der Waals surface area contributed by atoms with Gasteiger partial charge in [-0.05, 0) is 48.9 Å². The Kier molecular flexibility index (Phi) is 4.10. The number of hydrogen-bond donors (Lipinski definition) is 1. The molecular formula is C21H21N3O. The highest BCUT2D eigenvalue weighted by molar-refractivity contribution is 6.04. The van der Waals surface area contributed by atoms with E-state index in [1.165, 1.54) is 12.8 Å². The van der Waals surface area contributed by atoms with Gasteiger partial charge in [0.25, 0.3) is 5.91 Å². The van der Waals surface area contributed by atoms with Crippen molar-refractivity contribution in [1.82, 2.24) is 9.78 Å². The van der Waals surface area contributed by atoms with E-state index in [1.54, 1.807) is 6.20 Å². The number of hydrogen-bond acceptors (Lipinski definition) is 2. The Balaban J connectivity index is 1.49. The van der Waals surface area contributed by atoms with E-state index in [0.29, 0.717) is 17.5 Å². The Bertz CT molecular complexity index is 864. The molecule has 4 nitrogen and oxygen atoms in total. The minimum Gasteiger partial charge on any atom is -0.307 e. The molecule has 1 heterocycles. The molecule has 1 aliphatic rings. The van der Waals surface area contributed by atoms with Gasteiger partial charge in [-0.3, -0.25) is 4.79 Å². The summed E-state index contributed by atoms with van der Waals surface area (Å²) in [5, 5.41) is 7.37. The molecule has 2 aromatic carbocycles. The number of nitrogens with one attached hydrogen (secondary N) is 1. The minimum atomic E-state index is -0.107. The predicted molar refractivity (Wildman–Crippen MR) is 99.5 cm³/mol. The number of anilines is 1. The fourth-order valence-electron chi connectivity index (χ4n) is 3.15. The van der Waals surface area contributed by atoms with Gasteiger partial charge in [0, 0.05) is 11.6 Å². The van der Waals surface area contributed by atoms with Gasteiger partial charge in [0.1, 0.15) is 5.82 Å². The third-order valence-electron chi connectivity index (χ3n) is 4.86. The van der Waals surface area contributed by atoms with Crippen LogP contribution in [0.3, 0.4) is 0 Å². The van der Waals surface area contributed by atoms with Crippen LogP contribution in [0.4, 0.5) is 5.82 Å². The summed E-state index contributed by atoms with van der Waals surface area (Å²) in [7, 11) is 0. The van der Waals surface area contributed by atoms with E-state index in [2.05, 4.69) is 29.5 Å². The summed E-state index contributed by atoms with van der Waals surface area (Å²) in [4.78, 5) is 12.6. The summed E-state index contributed by atoms with van der Waals surface area (Å²) in [6, 6.07) is 20.0. The molecule has 0 radical (unpaired) electrons. The molecule has 1 aromatic heterocycles. The van der Waals surface area contributed by atoms with E-state index in [1.807, 2.05) is 53.2 Å². The number of nitrogens with zero attached hydrogens (tertiary/aromatic N) is 2. The molecule has 126 valence electrons. The Morgan fingerprint density at radius 3 is 2.40 bits per heavy atom. The lowest BCUT2D eigenvalue weighted by molar-refractivity contribution is 0.102. The SMILES string of the molecule is CC(C1CC1)n1nccc1NC(=O)c1ccc(-c2ccccc2)cc1. The lowest BCUT2D eigenvalue weighted by atomic mass is 10.0. The van der Waals surface area contributed by atoms with Crippen LogP contribution in [0.5, 0.6) is 0 Å². The Morgan fingerprint density at radius 2 is 1.72 bits per heavy atom. The lowest BCUT2D eigenvalue weighted by Gasteiger charge is -2.15. The zero-order chi connectivity index (χ0) is 17.2. The van der Waals surface area contributed by atoms with E-state index >= 15 is 0 Å². The molecule has 1 amide bonds. The molecule has 1 N–H and O–H groups in total. The zero-order valence-electron chi connectivity index (χ0n) is 14.2. The smallest absolute Gasteiger partial charge is 0.256 e. The largest absolute Gasteiger partial charge is 0.307 e. The molecule has 4 heteroatoms. The fourth-order valence-corrected chi connectivity index (χ4v) is 3.15. The molecule has 0 bridgehead atoms. The highest BCUT2D eigenvalue weighted by Gasteiger charge is 2.30. The third-order valence-corrected chi connectivity index (χ3v) is 4.86. The minimum absolute atomic E-state index is 0.107. The fraction of sp³-hybridized carbons (Fsp3) is 0.238. The van der Waals surface area contributed by atoms with Crippen LogP contribution in [-0.2, 0) is 0 Å². The van der Waals surface area contributed by atoms with Crippen LogP contribution >= 0.6 is 0 Å². The van der Waals surface area contributed by atoms with Crippen LogP contribution < -0.4 is 5.32 Å². The number of amides is 1. The van der Waals surface area contributed by atoms with Crippen molar-refractivity contribution < 1.29 is 4.79 Å². The number of rotatable bonds is 5. The summed E-state index contributed by atoms with van der Waals surface area (Å²) >= 11 is 0. The first-order valence-electron chi connectivity index (χ1n) is 8.73. The molecule has 0 saturated heterocycles. The first kappa shape index (κ1) is 15.6. The number of carbonyl (C=O) groups is 1. The average molecular weight is 331 g/mol. The summed E-state index contributed by atoms with van der Waals surface area (Å²) in [5.41, 5.74) is 2.89. The summed E-state index contributed by atoms with van der Waals surface area (Å²) in [6.07, 6.45) is 4.23. The second-order valence-electron chi connectivity index (χ2n) is 6.64. The number of aromatic nitrogens is 2. The van der Waals surface area contributed by atoms with E-state index in [-0.39, 0.29) is 5.91 Å². The van der Waals surface area contributed by atoms with Crippen molar-refractivity contribution in [2.45, 2.75) is 25.8 Å². The van der Waals surface area contributed by atoms with Gasteiger partial charge in [-0.25, -0.2) is 4.68 Å². The summed E-state index contributed by atoms with van der Waals surface area (Å²) < 4.78 is 1.92. The van der Waals surface area contributed by atoms with E-state index in [0.717, 1.165) is 16.9 Å². The van der Waals surface area contributed by atoms with Crippen LogP contribution in [0.2, 0.25) is 0 Å². The molecule has 1 aliphatic carbocycles. The molecule has 25 heavy (non-hydrogen) atoms. The highest BCUT2D eigenvalue weighted by atomic mass is 16.1. The number of carbonyl (C=O) groups excluding carboxylic acids is 1. The number of benzene rings is 2. The molecule has 3 aromatic rings. The van der Waals surface area contributed by atoms with Crippen LogP contribution in [0.15, 0.2) is 66.9 Å². The Morgan fingerprint density at radius 1 is 1.04 bits per heavy atom. The van der Waals surface area contributed by atoms with Gasteiger partial charge in [0.15, 0.2) is 0 Å². The van der Waals surface area contributed by atoms with Crippen molar-refractivity contribution in [3.63, 3.8) is 0 Å². The molecule has 1 unspecified atom stereocenters. The summed E-state index contributed by atoms with van der Waals surface area (Å²) in [6.45, 7) is 2.16. The molecular weight excluding hydrogens is 310 g/mol. The second-order valence-corrected chi connectivity index (χ2v) is 6.64. The van der Waals surface area contributed by atoms with Crippen LogP contribution in [0, 0.1) is 5.92 Å². The maximum atomic E-state index is 12.6. The van der Waals surface area contributed by atoms with Crippen LogP contribution in [-0.4, -0.2) is 15.7 Å². The van der Waals surface area contributed by atoms with Gasteiger partial charge in [-0.2, -0.15) is 5.10 Å². The predicted octanol–water partition coefficient (Wildman–Crippen LogP) is 4.77. The van der Waals surface area contributed by atoms with Crippen molar-refractivity contribution in [1.29, 1.82) is 0 Å². The van der Waals surface area contributed by atoms with Crippen molar-refractivity contribution in [2.24, 2.45) is 5.92 Å². The van der Waals surface area contributed by atoms with E-state index in [4.69, 9.17) is 0 Å². The van der Waals surface area contributed by atoms with Gasteiger partial charge in [0.2, 0.25) is 0 Å². The van der Waals surface area contributed by atoms with Gasteiger partial charge >= 0.3 is 0 Å². The van der Waals surface area contributed by atoms with Gasteiger partial charge in [-0.15, -0.1) is 0 Å². The van der Waals surface area contributed by atoms with Crippen LogP contribution in [0.1, 0.15) is 36.2 Å². The van der Waals surface area contributed by atoms with Gasteiger partial charge in [0.05, 0.1) is 12.2 Å².